The molecule has 1 aromatic heterocycles. The molecule has 134 valence electrons. The lowest BCUT2D eigenvalue weighted by atomic mass is 9.93. The van der Waals surface area contributed by atoms with Gasteiger partial charge in [-0.1, -0.05) is 30.9 Å². The Hall–Kier alpha value is -1.43. The molecular weight excluding hydrogens is 304 g/mol. The van der Waals surface area contributed by atoms with Crippen LogP contribution >= 0.6 is 0 Å². The molecule has 1 atom stereocenters. The van der Waals surface area contributed by atoms with Crippen LogP contribution in [0.3, 0.4) is 0 Å². The first-order valence-corrected chi connectivity index (χ1v) is 9.60. The molecule has 1 amide bonds. The van der Waals surface area contributed by atoms with Gasteiger partial charge in [0.1, 0.15) is 0 Å². The third kappa shape index (κ3) is 4.35. The first-order valence-electron chi connectivity index (χ1n) is 9.60. The second-order valence-electron chi connectivity index (χ2n) is 7.35. The maximum Gasteiger partial charge on any atom is 0.276 e. The van der Waals surface area contributed by atoms with Crippen LogP contribution in [-0.2, 0) is 0 Å². The fourth-order valence-corrected chi connectivity index (χ4v) is 4.10. The number of likely N-dealkylation sites (tertiary alicyclic amines) is 1. The summed E-state index contributed by atoms with van der Waals surface area (Å²) >= 11 is 0. The second-order valence-corrected chi connectivity index (χ2v) is 7.35. The van der Waals surface area contributed by atoms with Crippen LogP contribution in [0.25, 0.3) is 0 Å². The Balaban J connectivity index is 1.60. The molecule has 0 radical (unpaired) electrons. The number of rotatable bonds is 5. The summed E-state index contributed by atoms with van der Waals surface area (Å²) in [6.45, 7) is 1.83. The van der Waals surface area contributed by atoms with Crippen molar-refractivity contribution in [3.63, 3.8) is 0 Å². The second kappa shape index (κ2) is 8.60. The zero-order chi connectivity index (χ0) is 16.8. The van der Waals surface area contributed by atoms with Crippen molar-refractivity contribution in [1.29, 1.82) is 0 Å². The van der Waals surface area contributed by atoms with Crippen molar-refractivity contribution in [2.24, 2.45) is 5.92 Å². The molecule has 2 fully saturated rings. The molecule has 2 heterocycles. The summed E-state index contributed by atoms with van der Waals surface area (Å²) in [4.78, 5) is 14.7. The zero-order valence-corrected chi connectivity index (χ0v) is 14.6. The molecule has 0 bridgehead atoms. The van der Waals surface area contributed by atoms with E-state index < -0.39 is 0 Å². The zero-order valence-electron chi connectivity index (χ0n) is 14.6. The van der Waals surface area contributed by atoms with Crippen molar-refractivity contribution in [2.45, 2.75) is 70.3 Å². The molecule has 6 nitrogen and oxygen atoms in total. The fraction of sp³-hybridized carbons (Fsp3) is 0.833. The monoisotopic (exact) mass is 334 g/mol. The van der Waals surface area contributed by atoms with Gasteiger partial charge in [0.15, 0.2) is 5.69 Å². The van der Waals surface area contributed by atoms with E-state index in [9.17, 15) is 4.79 Å². The highest BCUT2D eigenvalue weighted by Gasteiger charge is 2.26. The number of hydrogen-bond donors (Lipinski definition) is 1. The third-order valence-corrected chi connectivity index (χ3v) is 5.50. The summed E-state index contributed by atoms with van der Waals surface area (Å²) in [6, 6.07) is 0.403. The lowest BCUT2D eigenvalue weighted by Gasteiger charge is -2.32. The number of aromatic nitrogens is 3. The molecule has 1 aromatic rings. The van der Waals surface area contributed by atoms with E-state index in [0.29, 0.717) is 17.7 Å². The number of carbonyl (C=O) groups is 1. The Morgan fingerprint density at radius 3 is 2.71 bits per heavy atom. The number of hydrogen-bond acceptors (Lipinski definition) is 4. The quantitative estimate of drug-likeness (QED) is 0.841. The normalized spacial score (nSPS) is 23.2. The smallest absolute Gasteiger partial charge is 0.276 e. The highest BCUT2D eigenvalue weighted by atomic mass is 16.3. The molecule has 1 unspecified atom stereocenters. The standard InChI is InChI=1S/C18H30N4O2/c23-12-6-8-15-7-5-11-21(13-15)18(24)17-14-22(20-19-17)16-9-3-1-2-4-10-16/h14-16,23H,1-13H2. The Kier molecular flexibility index (Phi) is 6.24. The van der Waals surface area contributed by atoms with E-state index >= 15 is 0 Å². The molecule has 1 saturated heterocycles. The van der Waals surface area contributed by atoms with Gasteiger partial charge in [0, 0.05) is 19.7 Å². The Morgan fingerprint density at radius 1 is 1.17 bits per heavy atom. The SMILES string of the molecule is O=C(c1cn(C2CCCCCC2)nn1)N1CCCC(CCCO)C1. The minimum absolute atomic E-state index is 0.0172. The van der Waals surface area contributed by atoms with Gasteiger partial charge in [0.25, 0.3) is 5.91 Å². The van der Waals surface area contributed by atoms with Crippen LogP contribution in [0, 0.1) is 5.92 Å². The minimum atomic E-state index is 0.0172. The molecule has 3 rings (SSSR count). The van der Waals surface area contributed by atoms with Crippen LogP contribution < -0.4 is 0 Å². The topological polar surface area (TPSA) is 71.2 Å². The first kappa shape index (κ1) is 17.4. The molecule has 24 heavy (non-hydrogen) atoms. The summed E-state index contributed by atoms with van der Waals surface area (Å²) in [7, 11) is 0. The largest absolute Gasteiger partial charge is 0.396 e. The van der Waals surface area contributed by atoms with Crippen LogP contribution in [0.2, 0.25) is 0 Å². The first-order chi connectivity index (χ1) is 11.8. The van der Waals surface area contributed by atoms with Crippen LogP contribution in [0.5, 0.6) is 0 Å². The van der Waals surface area contributed by atoms with Crippen molar-refractivity contribution < 1.29 is 9.90 Å². The number of nitrogens with zero attached hydrogens (tertiary/aromatic N) is 4. The molecule has 6 heteroatoms. The maximum atomic E-state index is 12.7. The van der Waals surface area contributed by atoms with E-state index in [1.54, 1.807) is 0 Å². The molecular formula is C18H30N4O2. The minimum Gasteiger partial charge on any atom is -0.396 e. The summed E-state index contributed by atoms with van der Waals surface area (Å²) in [5.41, 5.74) is 0.488. The third-order valence-electron chi connectivity index (χ3n) is 5.50. The van der Waals surface area contributed by atoms with E-state index in [1.807, 2.05) is 15.8 Å². The van der Waals surface area contributed by atoms with E-state index in [1.165, 1.54) is 25.7 Å². The Labute approximate surface area is 144 Å². The number of carbonyl (C=O) groups excluding carboxylic acids is 1. The number of aliphatic hydroxyl groups excluding tert-OH is 1. The predicted octanol–water partition coefficient (Wildman–Crippen LogP) is 2.80. The van der Waals surface area contributed by atoms with Crippen molar-refractivity contribution in [1.82, 2.24) is 19.9 Å². The van der Waals surface area contributed by atoms with Crippen molar-refractivity contribution in [2.75, 3.05) is 19.7 Å². The summed E-state index contributed by atoms with van der Waals surface area (Å²) in [6.07, 6.45) is 13.2. The average Bonchev–Trinajstić information content (AvgIpc) is 2.95. The predicted molar refractivity (Wildman–Crippen MR) is 91.7 cm³/mol. The van der Waals surface area contributed by atoms with Crippen LogP contribution in [-0.4, -0.2) is 50.6 Å². The van der Waals surface area contributed by atoms with Crippen molar-refractivity contribution >= 4 is 5.91 Å². The lowest BCUT2D eigenvalue weighted by molar-refractivity contribution is 0.0657. The van der Waals surface area contributed by atoms with Gasteiger partial charge in [0.05, 0.1) is 12.2 Å². The molecule has 1 aliphatic heterocycles. The molecule has 0 aromatic carbocycles. The van der Waals surface area contributed by atoms with E-state index in [-0.39, 0.29) is 12.5 Å². The van der Waals surface area contributed by atoms with E-state index in [0.717, 1.165) is 51.6 Å². The van der Waals surface area contributed by atoms with Gasteiger partial charge in [0.2, 0.25) is 0 Å². The van der Waals surface area contributed by atoms with Gasteiger partial charge >= 0.3 is 0 Å². The van der Waals surface area contributed by atoms with Gasteiger partial charge in [-0.3, -0.25) is 4.79 Å². The Bertz CT molecular complexity index is 523. The van der Waals surface area contributed by atoms with Gasteiger partial charge < -0.3 is 10.0 Å². The lowest BCUT2D eigenvalue weighted by Crippen LogP contribution is -2.40. The Morgan fingerprint density at radius 2 is 1.96 bits per heavy atom. The molecule has 2 aliphatic rings. The number of amides is 1. The van der Waals surface area contributed by atoms with Crippen molar-refractivity contribution in [3.8, 4) is 0 Å². The van der Waals surface area contributed by atoms with E-state index in [4.69, 9.17) is 5.11 Å². The summed E-state index contributed by atoms with van der Waals surface area (Å²) in [5, 5.41) is 17.4. The van der Waals surface area contributed by atoms with Gasteiger partial charge in [-0.05, 0) is 44.4 Å². The highest BCUT2D eigenvalue weighted by Crippen LogP contribution is 2.27. The van der Waals surface area contributed by atoms with E-state index in [2.05, 4.69) is 10.3 Å². The number of aliphatic hydroxyl groups is 1. The van der Waals surface area contributed by atoms with Gasteiger partial charge in [-0.15, -0.1) is 5.10 Å². The fourth-order valence-electron chi connectivity index (χ4n) is 4.10. The van der Waals surface area contributed by atoms with Crippen LogP contribution in [0.15, 0.2) is 6.20 Å². The summed E-state index contributed by atoms with van der Waals surface area (Å²) < 4.78 is 1.92. The van der Waals surface area contributed by atoms with Gasteiger partial charge in [-0.25, -0.2) is 4.68 Å². The summed E-state index contributed by atoms with van der Waals surface area (Å²) in [5.74, 6) is 0.523. The van der Waals surface area contributed by atoms with Crippen molar-refractivity contribution in [3.05, 3.63) is 11.9 Å². The average molecular weight is 334 g/mol. The molecule has 1 saturated carbocycles. The highest BCUT2D eigenvalue weighted by molar-refractivity contribution is 5.92. The van der Waals surface area contributed by atoms with Crippen LogP contribution in [0.4, 0.5) is 0 Å². The maximum absolute atomic E-state index is 12.7. The molecule has 1 N–H and O–H groups in total. The van der Waals surface area contributed by atoms with Gasteiger partial charge in [-0.2, -0.15) is 0 Å². The number of piperidine rings is 1. The molecule has 0 spiro atoms. The molecule has 1 aliphatic carbocycles. The van der Waals surface area contributed by atoms with Crippen LogP contribution in [0.1, 0.15) is 80.7 Å².